The number of hydrogen-bond donors (Lipinski definition) is 1. The summed E-state index contributed by atoms with van der Waals surface area (Å²) >= 11 is 0. The predicted molar refractivity (Wildman–Crippen MR) is 70.0 cm³/mol. The summed E-state index contributed by atoms with van der Waals surface area (Å²) < 4.78 is 0. The normalized spacial score (nSPS) is 15.3. The second-order valence-corrected chi connectivity index (χ2v) is 5.24. The predicted octanol–water partition coefficient (Wildman–Crippen LogP) is 1.82. The van der Waals surface area contributed by atoms with E-state index >= 15 is 0 Å². The lowest BCUT2D eigenvalue weighted by molar-refractivity contribution is 0.577. The van der Waals surface area contributed by atoms with E-state index in [1.165, 1.54) is 12.8 Å². The smallest absolute Gasteiger partial charge is 0.150 e. The molecule has 1 fully saturated rings. The van der Waals surface area contributed by atoms with Crippen molar-refractivity contribution in [3.63, 3.8) is 0 Å². The first-order valence-corrected chi connectivity index (χ1v) is 6.42. The Hall–Kier alpha value is -1.16. The monoisotopic (exact) mass is 234 g/mol. The third-order valence-electron chi connectivity index (χ3n) is 3.02. The van der Waals surface area contributed by atoms with Gasteiger partial charge in [-0.1, -0.05) is 13.8 Å². The average Bonchev–Trinajstić information content (AvgIpc) is 3.11. The number of nitrogens with zero attached hydrogens (tertiary/aromatic N) is 3. The second kappa shape index (κ2) is 5.45. The fraction of sp³-hybridized carbons (Fsp3) is 0.692. The Labute approximate surface area is 103 Å². The van der Waals surface area contributed by atoms with Gasteiger partial charge in [0.25, 0.3) is 0 Å². The molecule has 0 atom stereocenters. The summed E-state index contributed by atoms with van der Waals surface area (Å²) in [6, 6.07) is 4.60. The highest BCUT2D eigenvalue weighted by Gasteiger charge is 2.23. The van der Waals surface area contributed by atoms with Crippen LogP contribution in [-0.4, -0.2) is 29.8 Å². The highest BCUT2D eigenvalue weighted by Crippen LogP contribution is 2.30. The van der Waals surface area contributed by atoms with Crippen LogP contribution in [0.2, 0.25) is 0 Å². The first-order chi connectivity index (χ1) is 8.15. The van der Waals surface area contributed by atoms with Crippen molar-refractivity contribution in [2.24, 2.45) is 5.92 Å². The maximum absolute atomic E-state index is 4.27. The molecule has 1 aliphatic carbocycles. The van der Waals surface area contributed by atoms with Gasteiger partial charge in [0.05, 0.1) is 5.69 Å². The summed E-state index contributed by atoms with van der Waals surface area (Å²) in [7, 11) is 2.09. The van der Waals surface area contributed by atoms with Gasteiger partial charge in [-0.3, -0.25) is 0 Å². The molecule has 0 unspecified atom stereocenters. The molecule has 0 aromatic carbocycles. The molecule has 0 aliphatic heterocycles. The summed E-state index contributed by atoms with van der Waals surface area (Å²) in [4.78, 5) is 2.20. The molecule has 0 bridgehead atoms. The Morgan fingerprint density at radius 1 is 1.35 bits per heavy atom. The van der Waals surface area contributed by atoms with Crippen molar-refractivity contribution in [1.29, 1.82) is 0 Å². The van der Waals surface area contributed by atoms with Crippen LogP contribution in [0.15, 0.2) is 12.1 Å². The second-order valence-electron chi connectivity index (χ2n) is 5.24. The van der Waals surface area contributed by atoms with E-state index in [0.717, 1.165) is 30.5 Å². The van der Waals surface area contributed by atoms with Crippen LogP contribution in [0.4, 0.5) is 5.82 Å². The standard InChI is InChI=1S/C13H22N4/c1-10(2)14-8-12-6-7-13(16-15-12)17(3)9-11-4-5-11/h6-7,10-11,14H,4-5,8-9H2,1-3H3. The summed E-state index contributed by atoms with van der Waals surface area (Å²) in [5.74, 6) is 1.86. The molecule has 94 valence electrons. The molecule has 4 nitrogen and oxygen atoms in total. The molecule has 0 amide bonds. The Morgan fingerprint density at radius 2 is 2.12 bits per heavy atom. The molecule has 1 N–H and O–H groups in total. The van der Waals surface area contributed by atoms with Crippen molar-refractivity contribution in [2.45, 2.75) is 39.3 Å². The first-order valence-electron chi connectivity index (χ1n) is 6.42. The van der Waals surface area contributed by atoms with Gasteiger partial charge in [-0.25, -0.2) is 0 Å². The summed E-state index contributed by atoms with van der Waals surface area (Å²) in [6.07, 6.45) is 2.74. The maximum Gasteiger partial charge on any atom is 0.150 e. The first kappa shape index (κ1) is 12.3. The van der Waals surface area contributed by atoms with E-state index in [0.29, 0.717) is 6.04 Å². The fourth-order valence-corrected chi connectivity index (χ4v) is 1.74. The summed E-state index contributed by atoms with van der Waals surface area (Å²) in [5.41, 5.74) is 1.00. The zero-order chi connectivity index (χ0) is 12.3. The van der Waals surface area contributed by atoms with Gasteiger partial charge in [0.2, 0.25) is 0 Å². The van der Waals surface area contributed by atoms with Crippen molar-refractivity contribution < 1.29 is 0 Å². The third-order valence-corrected chi connectivity index (χ3v) is 3.02. The lowest BCUT2D eigenvalue weighted by atomic mass is 10.3. The van der Waals surface area contributed by atoms with Gasteiger partial charge in [-0.05, 0) is 30.9 Å². The van der Waals surface area contributed by atoms with Crippen molar-refractivity contribution in [1.82, 2.24) is 15.5 Å². The minimum absolute atomic E-state index is 0.481. The van der Waals surface area contributed by atoms with Crippen LogP contribution in [0.5, 0.6) is 0 Å². The summed E-state index contributed by atoms with van der Waals surface area (Å²) in [5, 5.41) is 11.9. The van der Waals surface area contributed by atoms with Crippen LogP contribution in [0.1, 0.15) is 32.4 Å². The Balaban J connectivity index is 1.87. The van der Waals surface area contributed by atoms with Crippen molar-refractivity contribution in [3.05, 3.63) is 17.8 Å². The Kier molecular flexibility index (Phi) is 3.94. The molecule has 2 rings (SSSR count). The molecule has 17 heavy (non-hydrogen) atoms. The minimum atomic E-state index is 0.481. The highest BCUT2D eigenvalue weighted by molar-refractivity contribution is 5.36. The molecule has 1 aliphatic rings. The van der Waals surface area contributed by atoms with Gasteiger partial charge >= 0.3 is 0 Å². The molecule has 1 aromatic heterocycles. The largest absolute Gasteiger partial charge is 0.358 e. The van der Waals surface area contributed by atoms with E-state index in [1.807, 2.05) is 0 Å². The van der Waals surface area contributed by atoms with E-state index in [-0.39, 0.29) is 0 Å². The molecular weight excluding hydrogens is 212 g/mol. The van der Waals surface area contributed by atoms with Gasteiger partial charge in [0, 0.05) is 26.2 Å². The number of rotatable bonds is 6. The molecule has 0 saturated heterocycles. The quantitative estimate of drug-likeness (QED) is 0.815. The zero-order valence-corrected chi connectivity index (χ0v) is 11.0. The van der Waals surface area contributed by atoms with E-state index in [9.17, 15) is 0 Å². The zero-order valence-electron chi connectivity index (χ0n) is 11.0. The summed E-state index contributed by atoms with van der Waals surface area (Å²) in [6.45, 7) is 6.16. The molecule has 4 heteroatoms. The number of anilines is 1. The van der Waals surface area contributed by atoms with Crippen LogP contribution in [0, 0.1) is 5.92 Å². The van der Waals surface area contributed by atoms with Crippen molar-refractivity contribution >= 4 is 5.82 Å². The molecule has 0 radical (unpaired) electrons. The van der Waals surface area contributed by atoms with E-state index < -0.39 is 0 Å². The minimum Gasteiger partial charge on any atom is -0.358 e. The molecular formula is C13H22N4. The van der Waals surface area contributed by atoms with Crippen LogP contribution >= 0.6 is 0 Å². The highest BCUT2D eigenvalue weighted by atomic mass is 15.2. The Morgan fingerprint density at radius 3 is 2.65 bits per heavy atom. The van der Waals surface area contributed by atoms with Gasteiger partial charge in [-0.2, -0.15) is 5.10 Å². The SMILES string of the molecule is CC(C)NCc1ccc(N(C)CC2CC2)nn1. The Bertz CT molecular complexity index is 343. The van der Waals surface area contributed by atoms with Crippen LogP contribution in [0.3, 0.4) is 0 Å². The fourth-order valence-electron chi connectivity index (χ4n) is 1.74. The van der Waals surface area contributed by atoms with Crippen LogP contribution < -0.4 is 10.2 Å². The lowest BCUT2D eigenvalue weighted by Crippen LogP contribution is -2.24. The third kappa shape index (κ3) is 3.97. The number of aromatic nitrogens is 2. The lowest BCUT2D eigenvalue weighted by Gasteiger charge is -2.17. The number of nitrogens with one attached hydrogen (secondary N) is 1. The van der Waals surface area contributed by atoms with Crippen LogP contribution in [-0.2, 0) is 6.54 Å². The molecule has 1 heterocycles. The van der Waals surface area contributed by atoms with Gasteiger partial charge in [-0.15, -0.1) is 5.10 Å². The van der Waals surface area contributed by atoms with Crippen molar-refractivity contribution in [3.8, 4) is 0 Å². The topological polar surface area (TPSA) is 41.0 Å². The van der Waals surface area contributed by atoms with E-state index in [4.69, 9.17) is 0 Å². The molecule has 0 spiro atoms. The van der Waals surface area contributed by atoms with E-state index in [1.54, 1.807) is 0 Å². The molecule has 1 aromatic rings. The average molecular weight is 234 g/mol. The van der Waals surface area contributed by atoms with Crippen molar-refractivity contribution in [2.75, 3.05) is 18.5 Å². The maximum atomic E-state index is 4.27. The van der Waals surface area contributed by atoms with Gasteiger partial charge in [0.1, 0.15) is 0 Å². The molecule has 1 saturated carbocycles. The van der Waals surface area contributed by atoms with Gasteiger partial charge < -0.3 is 10.2 Å². The number of hydrogen-bond acceptors (Lipinski definition) is 4. The van der Waals surface area contributed by atoms with Crippen LogP contribution in [0.25, 0.3) is 0 Å². The van der Waals surface area contributed by atoms with Gasteiger partial charge in [0.15, 0.2) is 5.82 Å². The van der Waals surface area contributed by atoms with E-state index in [2.05, 4.69) is 53.4 Å².